The molecule has 1 aliphatic carbocycles. The van der Waals surface area contributed by atoms with Gasteiger partial charge in [-0.2, -0.15) is 0 Å². The van der Waals surface area contributed by atoms with Gasteiger partial charge in [-0.15, -0.1) is 0 Å². The van der Waals surface area contributed by atoms with E-state index >= 15 is 0 Å². The monoisotopic (exact) mass is 257 g/mol. The maximum atomic E-state index is 13.4. The number of aliphatic hydroxyl groups is 1. The summed E-state index contributed by atoms with van der Waals surface area (Å²) in [6, 6.07) is 3.09. The zero-order valence-electron chi connectivity index (χ0n) is 10.2. The molecular formula is C13H17F2NO2. The van der Waals surface area contributed by atoms with Crippen molar-refractivity contribution in [2.75, 3.05) is 20.3 Å². The van der Waals surface area contributed by atoms with Crippen molar-refractivity contribution in [1.82, 2.24) is 5.32 Å². The number of ether oxygens (including phenoxy) is 1. The lowest BCUT2D eigenvalue weighted by Crippen LogP contribution is -2.53. The molecule has 3 nitrogen and oxygen atoms in total. The van der Waals surface area contributed by atoms with E-state index in [1.807, 2.05) is 0 Å². The topological polar surface area (TPSA) is 41.5 Å². The second-order valence-corrected chi connectivity index (χ2v) is 4.70. The molecule has 0 bridgehead atoms. The lowest BCUT2D eigenvalue weighted by molar-refractivity contribution is 0.0893. The van der Waals surface area contributed by atoms with Crippen LogP contribution in [0.3, 0.4) is 0 Å². The minimum atomic E-state index is -0.602. The van der Waals surface area contributed by atoms with Gasteiger partial charge in [-0.3, -0.25) is 0 Å². The fraction of sp³-hybridized carbons (Fsp3) is 0.538. The molecule has 1 aromatic carbocycles. The molecule has 1 unspecified atom stereocenters. The van der Waals surface area contributed by atoms with Crippen LogP contribution < -0.4 is 10.1 Å². The molecule has 1 aromatic rings. The van der Waals surface area contributed by atoms with Crippen molar-refractivity contribution in [3.63, 3.8) is 0 Å². The Balaban J connectivity index is 2.07. The highest BCUT2D eigenvalue weighted by molar-refractivity contribution is 5.25. The van der Waals surface area contributed by atoms with Crippen molar-refractivity contribution in [2.45, 2.75) is 18.4 Å². The van der Waals surface area contributed by atoms with Gasteiger partial charge >= 0.3 is 0 Å². The van der Waals surface area contributed by atoms with E-state index in [4.69, 9.17) is 4.74 Å². The summed E-state index contributed by atoms with van der Waals surface area (Å²) in [6.07, 6.45) is 2.02. The van der Waals surface area contributed by atoms with E-state index in [-0.39, 0.29) is 19.0 Å². The van der Waals surface area contributed by atoms with E-state index < -0.39 is 17.2 Å². The molecule has 18 heavy (non-hydrogen) atoms. The highest BCUT2D eigenvalue weighted by Crippen LogP contribution is 2.39. The van der Waals surface area contributed by atoms with Gasteiger partial charge in [0.1, 0.15) is 12.4 Å². The number of nitrogens with one attached hydrogen (secondary N) is 1. The second kappa shape index (κ2) is 5.20. The molecule has 2 rings (SSSR count). The first-order valence-electron chi connectivity index (χ1n) is 5.99. The molecule has 0 spiro atoms. The molecular weight excluding hydrogens is 240 g/mol. The molecule has 0 aromatic heterocycles. The average molecular weight is 257 g/mol. The largest absolute Gasteiger partial charge is 0.488 e. The molecule has 0 amide bonds. The number of rotatable bonds is 6. The summed E-state index contributed by atoms with van der Waals surface area (Å²) in [4.78, 5) is 0. The quantitative estimate of drug-likeness (QED) is 0.815. The van der Waals surface area contributed by atoms with Crippen LogP contribution in [0.1, 0.15) is 12.8 Å². The molecule has 100 valence electrons. The summed E-state index contributed by atoms with van der Waals surface area (Å²) in [6.45, 7) is 0.0239. The Labute approximate surface area is 105 Å². The van der Waals surface area contributed by atoms with Gasteiger partial charge in [-0.1, -0.05) is 0 Å². The van der Waals surface area contributed by atoms with Crippen LogP contribution in [-0.4, -0.2) is 30.9 Å². The van der Waals surface area contributed by atoms with Gasteiger partial charge in [0.15, 0.2) is 11.6 Å². The Morgan fingerprint density at radius 2 is 2.17 bits per heavy atom. The predicted octanol–water partition coefficient (Wildman–Crippen LogP) is 1.70. The third-order valence-corrected chi connectivity index (χ3v) is 3.52. The van der Waals surface area contributed by atoms with Crippen LogP contribution in [0.25, 0.3) is 0 Å². The Bertz CT molecular complexity index is 417. The van der Waals surface area contributed by atoms with Crippen molar-refractivity contribution >= 4 is 0 Å². The molecule has 1 fully saturated rings. The fourth-order valence-corrected chi connectivity index (χ4v) is 2.08. The number of aliphatic hydroxyl groups excluding tert-OH is 1. The normalized spacial score (nSPS) is 18.4. The number of likely N-dealkylation sites (N-methyl/N-ethyl adjacent to an activating group) is 1. The van der Waals surface area contributed by atoms with Crippen LogP contribution in [0.5, 0.6) is 5.75 Å². The summed E-state index contributed by atoms with van der Waals surface area (Å²) < 4.78 is 31.7. The minimum absolute atomic E-state index is 0.0922. The number of benzene rings is 1. The Morgan fingerprint density at radius 1 is 1.44 bits per heavy atom. The van der Waals surface area contributed by atoms with Crippen molar-refractivity contribution in [3.05, 3.63) is 29.8 Å². The molecule has 2 N–H and O–H groups in total. The number of hydrogen-bond donors (Lipinski definition) is 2. The molecule has 0 aliphatic heterocycles. The van der Waals surface area contributed by atoms with E-state index in [9.17, 15) is 13.9 Å². The first-order chi connectivity index (χ1) is 8.61. The summed E-state index contributed by atoms with van der Waals surface area (Å²) in [5.74, 6) is -0.945. The van der Waals surface area contributed by atoms with Crippen LogP contribution >= 0.6 is 0 Å². The predicted molar refractivity (Wildman–Crippen MR) is 63.5 cm³/mol. The van der Waals surface area contributed by atoms with Crippen LogP contribution in [0.4, 0.5) is 8.78 Å². The van der Waals surface area contributed by atoms with E-state index in [2.05, 4.69) is 5.32 Å². The van der Waals surface area contributed by atoms with Gasteiger partial charge < -0.3 is 15.2 Å². The molecule has 0 heterocycles. The van der Waals surface area contributed by atoms with Gasteiger partial charge in [-0.25, -0.2) is 8.78 Å². The van der Waals surface area contributed by atoms with Gasteiger partial charge in [0.2, 0.25) is 0 Å². The first-order valence-corrected chi connectivity index (χ1v) is 5.99. The summed E-state index contributed by atoms with van der Waals surface area (Å²) in [7, 11) is 1.74. The molecule has 1 saturated carbocycles. The standard InChI is InChI=1S/C13H17F2NO2/c1-16-13(7-17,9-2-3-9)8-18-12-6-10(14)4-5-11(12)15/h4-6,9,16-17H,2-3,7-8H2,1H3. The molecule has 1 aliphatic rings. The Morgan fingerprint density at radius 3 is 2.72 bits per heavy atom. The van der Waals surface area contributed by atoms with Crippen LogP contribution in [0.2, 0.25) is 0 Å². The smallest absolute Gasteiger partial charge is 0.165 e. The van der Waals surface area contributed by atoms with E-state index in [0.29, 0.717) is 5.92 Å². The number of hydrogen-bond acceptors (Lipinski definition) is 3. The molecule has 5 heteroatoms. The minimum Gasteiger partial charge on any atom is -0.488 e. The Kier molecular flexibility index (Phi) is 3.82. The van der Waals surface area contributed by atoms with Crippen molar-refractivity contribution in [2.24, 2.45) is 5.92 Å². The lowest BCUT2D eigenvalue weighted by atomic mass is 9.95. The van der Waals surface area contributed by atoms with Gasteiger partial charge in [-0.05, 0) is 37.9 Å². The SMILES string of the molecule is CNC(CO)(COc1cc(F)ccc1F)C1CC1. The van der Waals surface area contributed by atoms with Crippen LogP contribution in [-0.2, 0) is 0 Å². The maximum absolute atomic E-state index is 13.4. The summed E-state index contributed by atoms with van der Waals surface area (Å²) in [5, 5.41) is 12.5. The second-order valence-electron chi connectivity index (χ2n) is 4.70. The first kappa shape index (κ1) is 13.2. The van der Waals surface area contributed by atoms with Gasteiger partial charge in [0, 0.05) is 6.07 Å². The Hall–Kier alpha value is -1.20. The van der Waals surface area contributed by atoms with Crippen molar-refractivity contribution in [3.8, 4) is 5.75 Å². The average Bonchev–Trinajstić information content (AvgIpc) is 3.20. The zero-order chi connectivity index (χ0) is 13.2. The fourth-order valence-electron chi connectivity index (χ4n) is 2.08. The highest BCUT2D eigenvalue weighted by atomic mass is 19.1. The third-order valence-electron chi connectivity index (χ3n) is 3.52. The number of halogens is 2. The zero-order valence-corrected chi connectivity index (χ0v) is 10.2. The van der Waals surface area contributed by atoms with E-state index in [1.165, 1.54) is 0 Å². The molecule has 1 atom stereocenters. The molecule has 0 radical (unpaired) electrons. The summed E-state index contributed by atoms with van der Waals surface area (Å²) in [5.41, 5.74) is -0.571. The van der Waals surface area contributed by atoms with Gasteiger partial charge in [0.05, 0.1) is 12.1 Å². The summed E-state index contributed by atoms with van der Waals surface area (Å²) >= 11 is 0. The third kappa shape index (κ3) is 2.62. The van der Waals surface area contributed by atoms with Gasteiger partial charge in [0.25, 0.3) is 0 Å². The van der Waals surface area contributed by atoms with Crippen LogP contribution in [0.15, 0.2) is 18.2 Å². The van der Waals surface area contributed by atoms with Crippen LogP contribution in [0, 0.1) is 17.6 Å². The molecule has 0 saturated heterocycles. The van der Waals surface area contributed by atoms with Crippen molar-refractivity contribution in [1.29, 1.82) is 0 Å². The van der Waals surface area contributed by atoms with E-state index in [1.54, 1.807) is 7.05 Å². The van der Waals surface area contributed by atoms with Crippen molar-refractivity contribution < 1.29 is 18.6 Å². The van der Waals surface area contributed by atoms with E-state index in [0.717, 1.165) is 31.0 Å². The highest BCUT2D eigenvalue weighted by Gasteiger charge is 2.44. The lowest BCUT2D eigenvalue weighted by Gasteiger charge is -2.31. The maximum Gasteiger partial charge on any atom is 0.165 e.